The van der Waals surface area contributed by atoms with Gasteiger partial charge in [0.25, 0.3) is 5.56 Å². The SMILES string of the molecule is Cn1c(=O)c2c(nc(Cl)n2Cc2ccc(C(=O)O)c(F)c2)n(C)c1=O. The van der Waals surface area contributed by atoms with Crippen molar-refractivity contribution in [2.75, 3.05) is 0 Å². The fraction of sp³-hybridized carbons (Fsp3) is 0.200. The number of fused-ring (bicyclic) bond motifs is 1. The van der Waals surface area contributed by atoms with Crippen LogP contribution in [0.5, 0.6) is 0 Å². The van der Waals surface area contributed by atoms with Crippen molar-refractivity contribution < 1.29 is 14.3 Å². The normalized spacial score (nSPS) is 11.2. The first-order chi connectivity index (χ1) is 11.7. The summed E-state index contributed by atoms with van der Waals surface area (Å²) in [6.07, 6.45) is 0. The van der Waals surface area contributed by atoms with Crippen LogP contribution in [0.1, 0.15) is 15.9 Å². The largest absolute Gasteiger partial charge is 0.478 e. The van der Waals surface area contributed by atoms with Gasteiger partial charge in [0.2, 0.25) is 5.28 Å². The first-order valence-corrected chi connectivity index (χ1v) is 7.43. The van der Waals surface area contributed by atoms with Crippen LogP contribution in [-0.4, -0.2) is 29.8 Å². The molecule has 1 N–H and O–H groups in total. The van der Waals surface area contributed by atoms with E-state index in [4.69, 9.17) is 16.7 Å². The van der Waals surface area contributed by atoms with E-state index in [-0.39, 0.29) is 23.0 Å². The van der Waals surface area contributed by atoms with Crippen LogP contribution in [0.3, 0.4) is 0 Å². The van der Waals surface area contributed by atoms with Crippen LogP contribution in [0, 0.1) is 5.82 Å². The molecule has 8 nitrogen and oxygen atoms in total. The lowest BCUT2D eigenvalue weighted by molar-refractivity contribution is 0.0692. The summed E-state index contributed by atoms with van der Waals surface area (Å²) in [4.78, 5) is 39.3. The Labute approximate surface area is 144 Å². The van der Waals surface area contributed by atoms with Crippen LogP contribution in [0.4, 0.5) is 4.39 Å². The van der Waals surface area contributed by atoms with E-state index in [1.54, 1.807) is 0 Å². The number of carbonyl (C=O) groups is 1. The van der Waals surface area contributed by atoms with Crippen molar-refractivity contribution in [2.45, 2.75) is 6.54 Å². The Morgan fingerprint density at radius 3 is 2.56 bits per heavy atom. The number of halogens is 2. The quantitative estimate of drug-likeness (QED) is 0.696. The maximum atomic E-state index is 13.9. The van der Waals surface area contributed by atoms with Crippen LogP contribution in [0.25, 0.3) is 11.2 Å². The average Bonchev–Trinajstić information content (AvgIpc) is 2.87. The number of rotatable bonds is 3. The van der Waals surface area contributed by atoms with Gasteiger partial charge in [0.15, 0.2) is 11.2 Å². The van der Waals surface area contributed by atoms with E-state index in [9.17, 15) is 18.8 Å². The molecule has 0 aliphatic heterocycles. The lowest BCUT2D eigenvalue weighted by Crippen LogP contribution is -2.37. The lowest BCUT2D eigenvalue weighted by Gasteiger charge is -2.08. The molecular weight excluding hydrogens is 355 g/mol. The molecule has 0 atom stereocenters. The average molecular weight is 367 g/mol. The number of aryl methyl sites for hydroxylation is 1. The van der Waals surface area contributed by atoms with Gasteiger partial charge in [0.1, 0.15) is 5.82 Å². The molecule has 0 aliphatic rings. The molecule has 3 aromatic rings. The van der Waals surface area contributed by atoms with E-state index >= 15 is 0 Å². The monoisotopic (exact) mass is 366 g/mol. The van der Waals surface area contributed by atoms with Crippen molar-refractivity contribution in [1.82, 2.24) is 18.7 Å². The molecule has 1 aromatic carbocycles. The van der Waals surface area contributed by atoms with Crippen LogP contribution in [0.15, 0.2) is 27.8 Å². The Balaban J connectivity index is 2.19. The molecule has 3 rings (SSSR count). The Hall–Kier alpha value is -2.94. The molecule has 10 heteroatoms. The van der Waals surface area contributed by atoms with Gasteiger partial charge in [-0.3, -0.25) is 13.9 Å². The molecule has 0 unspecified atom stereocenters. The first-order valence-electron chi connectivity index (χ1n) is 7.06. The first kappa shape index (κ1) is 16.9. The molecule has 130 valence electrons. The summed E-state index contributed by atoms with van der Waals surface area (Å²) >= 11 is 6.09. The summed E-state index contributed by atoms with van der Waals surface area (Å²) in [5.41, 5.74) is -0.989. The summed E-state index contributed by atoms with van der Waals surface area (Å²) in [7, 11) is 2.79. The molecule has 0 fully saturated rings. The minimum Gasteiger partial charge on any atom is -0.478 e. The predicted octanol–water partition coefficient (Wildman–Crippen LogP) is 0.973. The molecule has 0 spiro atoms. The number of hydrogen-bond donors (Lipinski definition) is 1. The summed E-state index contributed by atoms with van der Waals surface area (Å²) in [5.74, 6) is -2.27. The number of hydrogen-bond acceptors (Lipinski definition) is 4. The number of nitrogens with zero attached hydrogens (tertiary/aromatic N) is 4. The van der Waals surface area contributed by atoms with Gasteiger partial charge in [0.05, 0.1) is 12.1 Å². The standard InChI is InChI=1S/C15H12ClFN4O4/c1-19-11-10(12(22)20(2)15(19)25)21(14(16)18-11)6-7-3-4-8(13(23)24)9(17)5-7/h3-5H,6H2,1-2H3,(H,23,24). The third-order valence-electron chi connectivity index (χ3n) is 3.91. The molecule has 2 aromatic heterocycles. The second-order valence-corrected chi connectivity index (χ2v) is 5.80. The highest BCUT2D eigenvalue weighted by molar-refractivity contribution is 6.29. The third kappa shape index (κ3) is 2.62. The minimum absolute atomic E-state index is 0.0143. The van der Waals surface area contributed by atoms with Crippen molar-refractivity contribution in [3.63, 3.8) is 0 Å². The van der Waals surface area contributed by atoms with Gasteiger partial charge in [-0.25, -0.2) is 14.0 Å². The Bertz CT molecular complexity index is 1150. The third-order valence-corrected chi connectivity index (χ3v) is 4.19. The topological polar surface area (TPSA) is 99.1 Å². The highest BCUT2D eigenvalue weighted by Crippen LogP contribution is 2.19. The van der Waals surface area contributed by atoms with Crippen LogP contribution >= 0.6 is 11.6 Å². The summed E-state index contributed by atoms with van der Waals surface area (Å²) in [6, 6.07) is 3.60. The van der Waals surface area contributed by atoms with Crippen molar-refractivity contribution >= 4 is 28.7 Å². The number of benzene rings is 1. The Morgan fingerprint density at radius 1 is 1.28 bits per heavy atom. The van der Waals surface area contributed by atoms with Gasteiger partial charge in [-0.1, -0.05) is 6.07 Å². The van der Waals surface area contributed by atoms with Crippen molar-refractivity contribution in [3.8, 4) is 0 Å². The fourth-order valence-corrected chi connectivity index (χ4v) is 2.80. The second-order valence-electron chi connectivity index (χ2n) is 5.46. The van der Waals surface area contributed by atoms with Crippen LogP contribution in [0.2, 0.25) is 5.28 Å². The van der Waals surface area contributed by atoms with Crippen LogP contribution < -0.4 is 11.2 Å². The van der Waals surface area contributed by atoms with Gasteiger partial charge < -0.3 is 9.67 Å². The number of imidazole rings is 1. The fourth-order valence-electron chi connectivity index (χ4n) is 2.58. The van der Waals surface area contributed by atoms with Crippen molar-refractivity contribution in [1.29, 1.82) is 0 Å². The number of carboxylic acids is 1. The molecule has 25 heavy (non-hydrogen) atoms. The van der Waals surface area contributed by atoms with Gasteiger partial charge >= 0.3 is 11.7 Å². The van der Waals surface area contributed by atoms with Crippen LogP contribution in [-0.2, 0) is 20.6 Å². The van der Waals surface area contributed by atoms with Gasteiger partial charge in [-0.05, 0) is 29.3 Å². The second kappa shape index (κ2) is 5.85. The maximum absolute atomic E-state index is 13.9. The zero-order valence-electron chi connectivity index (χ0n) is 13.2. The molecule has 0 bridgehead atoms. The zero-order chi connectivity index (χ0) is 18.5. The van der Waals surface area contributed by atoms with E-state index in [1.807, 2.05) is 0 Å². The minimum atomic E-state index is -1.38. The summed E-state index contributed by atoms with van der Waals surface area (Å²) in [5, 5.41) is 8.82. The Morgan fingerprint density at radius 2 is 1.96 bits per heavy atom. The highest BCUT2D eigenvalue weighted by Gasteiger charge is 2.19. The molecule has 0 amide bonds. The number of aromatic nitrogens is 4. The highest BCUT2D eigenvalue weighted by atomic mass is 35.5. The number of aromatic carboxylic acids is 1. The summed E-state index contributed by atoms with van der Waals surface area (Å²) < 4.78 is 17.3. The van der Waals surface area contributed by atoms with Crippen molar-refractivity contribution in [2.24, 2.45) is 14.1 Å². The van der Waals surface area contributed by atoms with Gasteiger partial charge in [0, 0.05) is 14.1 Å². The number of carboxylic acid groups (broad SMARTS) is 1. The lowest BCUT2D eigenvalue weighted by atomic mass is 10.1. The summed E-state index contributed by atoms with van der Waals surface area (Å²) in [6.45, 7) is -0.0143. The van der Waals surface area contributed by atoms with E-state index in [1.165, 1.54) is 29.3 Å². The van der Waals surface area contributed by atoms with E-state index in [0.717, 1.165) is 16.7 Å². The van der Waals surface area contributed by atoms with Gasteiger partial charge in [-0.2, -0.15) is 4.98 Å². The van der Waals surface area contributed by atoms with E-state index < -0.39 is 28.6 Å². The molecule has 0 saturated heterocycles. The molecular formula is C15H12ClFN4O4. The van der Waals surface area contributed by atoms with E-state index in [0.29, 0.717) is 5.56 Å². The zero-order valence-corrected chi connectivity index (χ0v) is 13.9. The molecule has 0 aliphatic carbocycles. The maximum Gasteiger partial charge on any atom is 0.338 e. The smallest absolute Gasteiger partial charge is 0.338 e. The predicted molar refractivity (Wildman–Crippen MR) is 87.7 cm³/mol. The molecule has 0 radical (unpaired) electrons. The van der Waals surface area contributed by atoms with E-state index in [2.05, 4.69) is 4.98 Å². The molecule has 0 saturated carbocycles. The molecule has 2 heterocycles. The van der Waals surface area contributed by atoms with Crippen molar-refractivity contribution in [3.05, 3.63) is 61.3 Å². The Kier molecular flexibility index (Phi) is 3.96. The van der Waals surface area contributed by atoms with Gasteiger partial charge in [-0.15, -0.1) is 0 Å².